The summed E-state index contributed by atoms with van der Waals surface area (Å²) in [5.41, 5.74) is 0. The van der Waals surface area contributed by atoms with Crippen molar-refractivity contribution in [3.05, 3.63) is 34.1 Å². The van der Waals surface area contributed by atoms with E-state index < -0.39 is 0 Å². The molecule has 2 heteroatoms. The molecular formula is C9H12IN. The molecule has 0 aromatic rings. The summed E-state index contributed by atoms with van der Waals surface area (Å²) >= 11 is 2.35. The van der Waals surface area contributed by atoms with Crippen LogP contribution in [-0.2, 0) is 0 Å². The van der Waals surface area contributed by atoms with Gasteiger partial charge in [-0.2, -0.15) is 0 Å². The van der Waals surface area contributed by atoms with Gasteiger partial charge in [0, 0.05) is 13.6 Å². The first-order chi connectivity index (χ1) is 5.30. The van der Waals surface area contributed by atoms with E-state index in [1.54, 1.807) is 0 Å². The molecule has 11 heavy (non-hydrogen) atoms. The Bertz CT molecular complexity index is 204. The molecule has 0 amide bonds. The second kappa shape index (κ2) is 4.59. The van der Waals surface area contributed by atoms with Crippen LogP contribution in [0.3, 0.4) is 0 Å². The van der Waals surface area contributed by atoms with Gasteiger partial charge in [0.1, 0.15) is 0 Å². The van der Waals surface area contributed by atoms with Gasteiger partial charge in [0.05, 0.1) is 3.70 Å². The maximum Gasteiger partial charge on any atom is 0.0755 e. The fourth-order valence-electron chi connectivity index (χ4n) is 0.876. The highest BCUT2D eigenvalue weighted by Crippen LogP contribution is 2.12. The van der Waals surface area contributed by atoms with Crippen LogP contribution in [0.25, 0.3) is 0 Å². The van der Waals surface area contributed by atoms with Crippen molar-refractivity contribution in [1.82, 2.24) is 4.90 Å². The van der Waals surface area contributed by atoms with Crippen molar-refractivity contribution in [2.24, 2.45) is 0 Å². The average Bonchev–Trinajstić information content (AvgIpc) is 2.07. The number of halogens is 1. The van der Waals surface area contributed by atoms with Crippen molar-refractivity contribution < 1.29 is 0 Å². The van der Waals surface area contributed by atoms with Crippen LogP contribution >= 0.6 is 22.6 Å². The van der Waals surface area contributed by atoms with Crippen molar-refractivity contribution in [2.45, 2.75) is 6.42 Å². The molecule has 0 saturated heterocycles. The summed E-state index contributed by atoms with van der Waals surface area (Å²) in [4.78, 5) is 2.25. The number of hydrogen-bond donors (Lipinski definition) is 0. The number of allylic oxidation sites excluding steroid dienone is 4. The predicted molar refractivity (Wildman–Crippen MR) is 57.6 cm³/mol. The lowest BCUT2D eigenvalue weighted by Crippen LogP contribution is -2.14. The van der Waals surface area contributed by atoms with E-state index in [4.69, 9.17) is 0 Å². The molecule has 0 saturated carbocycles. The van der Waals surface area contributed by atoms with Gasteiger partial charge in [-0.3, -0.25) is 0 Å². The van der Waals surface area contributed by atoms with E-state index in [1.165, 1.54) is 3.70 Å². The molecule has 0 N–H and O–H groups in total. The average molecular weight is 261 g/mol. The highest BCUT2D eigenvalue weighted by molar-refractivity contribution is 14.1. The molecule has 0 spiro atoms. The topological polar surface area (TPSA) is 3.24 Å². The molecule has 0 unspecified atom stereocenters. The zero-order valence-electron chi connectivity index (χ0n) is 6.63. The zero-order chi connectivity index (χ0) is 8.10. The van der Waals surface area contributed by atoms with E-state index in [0.29, 0.717) is 0 Å². The molecule has 0 atom stereocenters. The summed E-state index contributed by atoms with van der Waals surface area (Å²) in [5, 5.41) is 0. The Balaban J connectivity index is 2.69. The Morgan fingerprint density at radius 1 is 1.36 bits per heavy atom. The fraction of sp³-hybridized carbons (Fsp3) is 0.333. The Labute approximate surface area is 81.6 Å². The highest BCUT2D eigenvalue weighted by Gasteiger charge is 1.97. The molecule has 1 nitrogen and oxygen atoms in total. The largest absolute Gasteiger partial charge is 0.369 e. The SMILES string of the molecule is CN1CC/C=C/C=C\C=C1I. The van der Waals surface area contributed by atoms with Crippen molar-refractivity contribution in [1.29, 1.82) is 0 Å². The van der Waals surface area contributed by atoms with E-state index in [2.05, 4.69) is 64.9 Å². The minimum atomic E-state index is 1.10. The van der Waals surface area contributed by atoms with Crippen molar-refractivity contribution in [3.63, 3.8) is 0 Å². The quantitative estimate of drug-likeness (QED) is 0.478. The smallest absolute Gasteiger partial charge is 0.0755 e. The molecule has 0 fully saturated rings. The van der Waals surface area contributed by atoms with E-state index in [-0.39, 0.29) is 0 Å². The van der Waals surface area contributed by atoms with E-state index in [9.17, 15) is 0 Å². The molecular weight excluding hydrogens is 249 g/mol. The Morgan fingerprint density at radius 3 is 3.00 bits per heavy atom. The van der Waals surface area contributed by atoms with E-state index in [1.807, 2.05) is 0 Å². The van der Waals surface area contributed by atoms with Gasteiger partial charge in [0.25, 0.3) is 0 Å². The van der Waals surface area contributed by atoms with Crippen LogP contribution in [0.4, 0.5) is 0 Å². The maximum absolute atomic E-state index is 2.35. The van der Waals surface area contributed by atoms with Gasteiger partial charge >= 0.3 is 0 Å². The van der Waals surface area contributed by atoms with Crippen LogP contribution in [0.15, 0.2) is 34.1 Å². The van der Waals surface area contributed by atoms with Gasteiger partial charge in [-0.15, -0.1) is 0 Å². The third-order valence-electron chi connectivity index (χ3n) is 1.59. The van der Waals surface area contributed by atoms with Crippen LogP contribution in [-0.4, -0.2) is 18.5 Å². The normalized spacial score (nSPS) is 24.5. The van der Waals surface area contributed by atoms with Crippen molar-refractivity contribution >= 4 is 22.6 Å². The van der Waals surface area contributed by atoms with Crippen LogP contribution in [0.1, 0.15) is 6.42 Å². The standard InChI is InChI=1S/C9H12IN/c1-11-8-6-4-2-3-5-7-9(11)10/h2-5,7H,6,8H2,1H3/b4-2+,5-3-,9-7?. The molecule has 0 bridgehead atoms. The number of rotatable bonds is 0. The summed E-state index contributed by atoms with van der Waals surface area (Å²) in [7, 11) is 2.12. The van der Waals surface area contributed by atoms with Crippen LogP contribution in [0.5, 0.6) is 0 Å². The van der Waals surface area contributed by atoms with Gasteiger partial charge in [-0.05, 0) is 35.1 Å². The molecule has 1 aliphatic heterocycles. The van der Waals surface area contributed by atoms with E-state index >= 15 is 0 Å². The lowest BCUT2D eigenvalue weighted by Gasteiger charge is -2.16. The van der Waals surface area contributed by atoms with Gasteiger partial charge in [-0.1, -0.05) is 24.3 Å². The number of hydrogen-bond acceptors (Lipinski definition) is 1. The molecule has 0 aliphatic carbocycles. The summed E-state index contributed by atoms with van der Waals surface area (Å²) < 4.78 is 1.29. The zero-order valence-corrected chi connectivity index (χ0v) is 8.78. The Hall–Kier alpha value is -0.250. The summed E-state index contributed by atoms with van der Waals surface area (Å²) in [6.07, 6.45) is 11.7. The summed E-state index contributed by atoms with van der Waals surface area (Å²) in [6, 6.07) is 0. The minimum absolute atomic E-state index is 1.10. The first-order valence-electron chi connectivity index (χ1n) is 3.71. The second-order valence-corrected chi connectivity index (χ2v) is 3.62. The monoisotopic (exact) mass is 261 g/mol. The Morgan fingerprint density at radius 2 is 2.18 bits per heavy atom. The third-order valence-corrected chi connectivity index (χ3v) is 2.77. The lowest BCUT2D eigenvalue weighted by molar-refractivity contribution is 0.460. The van der Waals surface area contributed by atoms with Gasteiger partial charge in [0.15, 0.2) is 0 Å². The second-order valence-electron chi connectivity index (χ2n) is 2.51. The Kier molecular flexibility index (Phi) is 3.69. The minimum Gasteiger partial charge on any atom is -0.369 e. The highest BCUT2D eigenvalue weighted by atomic mass is 127. The molecule has 0 radical (unpaired) electrons. The molecule has 0 aromatic heterocycles. The fourth-order valence-corrected chi connectivity index (χ4v) is 1.32. The third kappa shape index (κ3) is 3.10. The lowest BCUT2D eigenvalue weighted by atomic mass is 10.3. The van der Waals surface area contributed by atoms with Gasteiger partial charge in [0.2, 0.25) is 0 Å². The molecule has 0 aromatic carbocycles. The molecule has 1 heterocycles. The molecule has 1 rings (SSSR count). The summed E-state index contributed by atoms with van der Waals surface area (Å²) in [5.74, 6) is 0. The van der Waals surface area contributed by atoms with E-state index in [0.717, 1.165) is 13.0 Å². The predicted octanol–water partition coefficient (Wildman–Crippen LogP) is 2.71. The summed E-state index contributed by atoms with van der Waals surface area (Å²) in [6.45, 7) is 1.10. The molecule has 1 aliphatic rings. The number of nitrogens with zero attached hydrogens (tertiary/aromatic N) is 1. The first-order valence-corrected chi connectivity index (χ1v) is 4.79. The first kappa shape index (κ1) is 8.84. The van der Waals surface area contributed by atoms with Crippen molar-refractivity contribution in [3.8, 4) is 0 Å². The van der Waals surface area contributed by atoms with Gasteiger partial charge in [-0.25, -0.2) is 0 Å². The van der Waals surface area contributed by atoms with Crippen LogP contribution in [0, 0.1) is 0 Å². The van der Waals surface area contributed by atoms with Crippen molar-refractivity contribution in [2.75, 3.05) is 13.6 Å². The van der Waals surface area contributed by atoms with Gasteiger partial charge < -0.3 is 4.90 Å². The molecule has 60 valence electrons. The maximum atomic E-state index is 2.35. The van der Waals surface area contributed by atoms with Crippen LogP contribution in [0.2, 0.25) is 0 Å². The van der Waals surface area contributed by atoms with Crippen LogP contribution < -0.4 is 0 Å².